The van der Waals surface area contributed by atoms with E-state index >= 15 is 0 Å². The van der Waals surface area contributed by atoms with Crippen LogP contribution in [0, 0.1) is 5.41 Å². The summed E-state index contributed by atoms with van der Waals surface area (Å²) >= 11 is 0. The summed E-state index contributed by atoms with van der Waals surface area (Å²) in [5.74, 6) is 0. The molecule has 0 N–H and O–H groups in total. The molecule has 3 aliphatic rings. The van der Waals surface area contributed by atoms with Gasteiger partial charge in [0.05, 0.1) is 12.2 Å². The van der Waals surface area contributed by atoms with Crippen LogP contribution < -0.4 is 0 Å². The van der Waals surface area contributed by atoms with Crippen LogP contribution in [0.2, 0.25) is 0 Å². The average molecular weight is 450 g/mol. The van der Waals surface area contributed by atoms with E-state index in [1.54, 1.807) is 0 Å². The summed E-state index contributed by atoms with van der Waals surface area (Å²) < 4.78 is 31.1. The zero-order chi connectivity index (χ0) is 22.9. The van der Waals surface area contributed by atoms with Gasteiger partial charge in [0.1, 0.15) is 7.85 Å². The van der Waals surface area contributed by atoms with Gasteiger partial charge in [-0.1, -0.05) is 40.0 Å². The van der Waals surface area contributed by atoms with Gasteiger partial charge in [-0.2, -0.15) is 0 Å². The zero-order valence-corrected chi connectivity index (χ0v) is 20.9. The van der Waals surface area contributed by atoms with E-state index in [1.165, 1.54) is 19.3 Å². The summed E-state index contributed by atoms with van der Waals surface area (Å²) in [5.41, 5.74) is -0.497. The lowest BCUT2D eigenvalue weighted by Crippen LogP contribution is -2.42. The predicted molar refractivity (Wildman–Crippen MR) is 128 cm³/mol. The van der Waals surface area contributed by atoms with Gasteiger partial charge >= 0.3 is 0 Å². The molecular formula is C26H47BO5. The van der Waals surface area contributed by atoms with Crippen LogP contribution in [0.25, 0.3) is 0 Å². The second-order valence-electron chi connectivity index (χ2n) is 11.2. The molecule has 3 saturated heterocycles. The molecule has 0 aromatic heterocycles. The van der Waals surface area contributed by atoms with Gasteiger partial charge in [-0.15, -0.1) is 0 Å². The molecule has 0 saturated carbocycles. The molecule has 0 spiro atoms. The van der Waals surface area contributed by atoms with Gasteiger partial charge < -0.3 is 23.7 Å². The van der Waals surface area contributed by atoms with E-state index in [2.05, 4.69) is 20.8 Å². The normalized spacial score (nSPS) is 37.1. The highest BCUT2D eigenvalue weighted by molar-refractivity contribution is 6.14. The second-order valence-corrected chi connectivity index (χ2v) is 11.2. The molecule has 0 aromatic rings. The Kier molecular flexibility index (Phi) is 10.8. The largest absolute Gasteiger partial charge is 0.378 e. The smallest absolute Gasteiger partial charge is 0.158 e. The van der Waals surface area contributed by atoms with E-state index in [-0.39, 0.29) is 30.2 Å². The quantitative estimate of drug-likeness (QED) is 0.501. The Bertz CT molecular complexity index is 515. The van der Waals surface area contributed by atoms with Gasteiger partial charge in [0, 0.05) is 31.7 Å². The Balaban J connectivity index is 1.50. The van der Waals surface area contributed by atoms with Crippen molar-refractivity contribution >= 4 is 7.85 Å². The Morgan fingerprint density at radius 3 is 2.25 bits per heavy atom. The minimum atomic E-state index is -0.657. The van der Waals surface area contributed by atoms with Gasteiger partial charge in [-0.05, 0) is 69.6 Å². The molecule has 32 heavy (non-hydrogen) atoms. The van der Waals surface area contributed by atoms with E-state index in [1.807, 2.05) is 0 Å². The van der Waals surface area contributed by atoms with Crippen LogP contribution in [0.3, 0.4) is 0 Å². The molecule has 5 nitrogen and oxygen atoms in total. The maximum Gasteiger partial charge on any atom is 0.158 e. The fraction of sp³-hybridized carbons (Fsp3) is 1.00. The Labute approximate surface area is 198 Å². The summed E-state index contributed by atoms with van der Waals surface area (Å²) in [5, 5.41) is 0. The monoisotopic (exact) mass is 450 g/mol. The molecule has 0 amide bonds. The summed E-state index contributed by atoms with van der Waals surface area (Å²) in [6.07, 6.45) is 14.4. The molecule has 3 fully saturated rings. The van der Waals surface area contributed by atoms with Crippen molar-refractivity contribution < 1.29 is 23.7 Å². The van der Waals surface area contributed by atoms with Crippen molar-refractivity contribution in [3.63, 3.8) is 0 Å². The molecule has 5 unspecified atom stereocenters. The van der Waals surface area contributed by atoms with Gasteiger partial charge in [0.2, 0.25) is 0 Å². The first-order chi connectivity index (χ1) is 15.3. The van der Waals surface area contributed by atoms with Crippen LogP contribution in [0.15, 0.2) is 0 Å². The van der Waals surface area contributed by atoms with E-state index < -0.39 is 5.50 Å². The van der Waals surface area contributed by atoms with Crippen molar-refractivity contribution in [1.29, 1.82) is 0 Å². The first-order valence-corrected chi connectivity index (χ1v) is 13.3. The first-order valence-electron chi connectivity index (χ1n) is 13.3. The number of hydrogen-bond acceptors (Lipinski definition) is 5. The van der Waals surface area contributed by atoms with Gasteiger partial charge in [0.15, 0.2) is 12.6 Å². The second kappa shape index (κ2) is 13.1. The molecule has 184 valence electrons. The molecule has 0 aliphatic carbocycles. The summed E-state index contributed by atoms with van der Waals surface area (Å²) in [6.45, 7) is 9.03. The Hall–Kier alpha value is -0.135. The van der Waals surface area contributed by atoms with Crippen molar-refractivity contribution in [2.24, 2.45) is 5.41 Å². The highest BCUT2D eigenvalue weighted by Gasteiger charge is 2.33. The molecule has 0 aromatic carbocycles. The fourth-order valence-electron chi connectivity index (χ4n) is 5.11. The van der Waals surface area contributed by atoms with Gasteiger partial charge in [0.25, 0.3) is 0 Å². The van der Waals surface area contributed by atoms with Crippen LogP contribution in [-0.4, -0.2) is 58.0 Å². The van der Waals surface area contributed by atoms with Crippen molar-refractivity contribution in [2.75, 3.05) is 19.8 Å². The third-order valence-corrected chi connectivity index (χ3v) is 7.16. The third kappa shape index (κ3) is 9.25. The molecule has 0 bridgehead atoms. The topological polar surface area (TPSA) is 46.2 Å². The Morgan fingerprint density at radius 1 is 0.688 bits per heavy atom. The molecular weight excluding hydrogens is 403 g/mol. The minimum Gasteiger partial charge on any atom is -0.378 e. The van der Waals surface area contributed by atoms with Crippen molar-refractivity contribution in [3.8, 4) is 0 Å². The van der Waals surface area contributed by atoms with Crippen LogP contribution in [0.1, 0.15) is 111 Å². The van der Waals surface area contributed by atoms with Gasteiger partial charge in [-0.3, -0.25) is 0 Å². The summed E-state index contributed by atoms with van der Waals surface area (Å²) in [6, 6.07) is 0. The highest BCUT2D eigenvalue weighted by atomic mass is 16.7. The molecule has 3 aliphatic heterocycles. The summed E-state index contributed by atoms with van der Waals surface area (Å²) in [4.78, 5) is 0. The summed E-state index contributed by atoms with van der Waals surface area (Å²) in [7, 11) is 6.77. The lowest BCUT2D eigenvalue weighted by molar-refractivity contribution is -0.219. The first kappa shape index (κ1) is 26.5. The lowest BCUT2D eigenvalue weighted by atomic mass is 9.73. The lowest BCUT2D eigenvalue weighted by Gasteiger charge is -2.38. The SMILES string of the molecule is [B]C1(OC2CCCCCCCO2)CCCOC(OC2CCCOC(C(C)(C)C)CC2)CC1. The maximum atomic E-state index is 6.77. The van der Waals surface area contributed by atoms with E-state index in [4.69, 9.17) is 31.5 Å². The van der Waals surface area contributed by atoms with Crippen molar-refractivity contribution in [2.45, 2.75) is 141 Å². The average Bonchev–Trinajstić information content (AvgIpc) is 2.82. The number of ether oxygens (including phenoxy) is 5. The Morgan fingerprint density at radius 2 is 1.41 bits per heavy atom. The minimum absolute atomic E-state index is 0.160. The third-order valence-electron chi connectivity index (χ3n) is 7.16. The molecule has 3 heterocycles. The fourth-order valence-corrected chi connectivity index (χ4v) is 5.11. The number of hydrogen-bond donors (Lipinski definition) is 0. The van der Waals surface area contributed by atoms with Crippen LogP contribution in [-0.2, 0) is 23.7 Å². The molecule has 5 atom stereocenters. The maximum absolute atomic E-state index is 6.77. The van der Waals surface area contributed by atoms with Crippen molar-refractivity contribution in [3.05, 3.63) is 0 Å². The van der Waals surface area contributed by atoms with Crippen molar-refractivity contribution in [1.82, 2.24) is 0 Å². The zero-order valence-electron chi connectivity index (χ0n) is 20.9. The molecule has 3 rings (SSSR count). The van der Waals surface area contributed by atoms with Gasteiger partial charge in [-0.25, -0.2) is 0 Å². The van der Waals surface area contributed by atoms with E-state index in [0.717, 1.165) is 83.8 Å². The molecule has 2 radical (unpaired) electrons. The number of rotatable bonds is 4. The van der Waals surface area contributed by atoms with E-state index in [0.29, 0.717) is 6.61 Å². The molecule has 6 heteroatoms. The van der Waals surface area contributed by atoms with E-state index in [9.17, 15) is 0 Å². The highest BCUT2D eigenvalue weighted by Crippen LogP contribution is 2.32. The van der Waals surface area contributed by atoms with Crippen LogP contribution in [0.4, 0.5) is 0 Å². The van der Waals surface area contributed by atoms with Crippen LogP contribution >= 0.6 is 0 Å². The predicted octanol–water partition coefficient (Wildman–Crippen LogP) is 5.87. The standard InChI is InChI=1S/C26H47BO5/c1-25(2,3)22-14-13-21(11-9-19-28-22)31-23-15-17-26(27,16-10-20-29-23)32-24-12-7-5-4-6-8-18-30-24/h21-24H,4-20H2,1-3H3. The van der Waals surface area contributed by atoms with Crippen LogP contribution in [0.5, 0.6) is 0 Å².